The number of halogens is 1. The van der Waals surface area contributed by atoms with E-state index in [-0.39, 0.29) is 11.7 Å². The number of anilines is 1. The van der Waals surface area contributed by atoms with Crippen LogP contribution in [0.2, 0.25) is 0 Å². The average Bonchev–Trinajstić information content (AvgIpc) is 2.90. The van der Waals surface area contributed by atoms with Gasteiger partial charge in [-0.05, 0) is 50.4 Å². The van der Waals surface area contributed by atoms with E-state index >= 15 is 0 Å². The Morgan fingerprint density at radius 2 is 2.11 bits per heavy atom. The molecule has 3 heterocycles. The van der Waals surface area contributed by atoms with Gasteiger partial charge < -0.3 is 9.88 Å². The summed E-state index contributed by atoms with van der Waals surface area (Å²) >= 11 is 0. The molecule has 0 bridgehead atoms. The fraction of sp³-hybridized carbons (Fsp3) is 0.550. The van der Waals surface area contributed by atoms with Crippen LogP contribution in [0.3, 0.4) is 0 Å². The van der Waals surface area contributed by atoms with Gasteiger partial charge >= 0.3 is 0 Å². The normalized spacial score (nSPS) is 20.7. The summed E-state index contributed by atoms with van der Waals surface area (Å²) in [5.74, 6) is 2.06. The Morgan fingerprint density at radius 3 is 3.00 bits per heavy atom. The number of nitrogens with zero attached hydrogens (tertiary/aromatic N) is 4. The summed E-state index contributed by atoms with van der Waals surface area (Å²) < 4.78 is 15.6. The molecule has 1 aromatic carbocycles. The molecule has 1 amide bonds. The third kappa shape index (κ3) is 4.35. The molecule has 4 rings (SSSR count). The number of aromatic nitrogens is 3. The van der Waals surface area contributed by atoms with Gasteiger partial charge in [-0.25, -0.2) is 4.39 Å². The zero-order valence-electron chi connectivity index (χ0n) is 15.5. The van der Waals surface area contributed by atoms with Gasteiger partial charge in [0.15, 0.2) is 0 Å². The predicted octanol–water partition coefficient (Wildman–Crippen LogP) is 2.96. The van der Waals surface area contributed by atoms with Gasteiger partial charge in [0.2, 0.25) is 5.91 Å². The molecule has 0 saturated carbocycles. The lowest BCUT2D eigenvalue weighted by molar-refractivity contribution is -0.117. The molecular formula is C20H26FN5O. The number of benzene rings is 1. The molecule has 2 aliphatic rings. The molecule has 1 saturated heterocycles. The zero-order chi connectivity index (χ0) is 18.6. The quantitative estimate of drug-likeness (QED) is 0.898. The summed E-state index contributed by atoms with van der Waals surface area (Å²) in [6.45, 7) is 3.03. The molecule has 2 aromatic rings. The number of aryl methyl sites for hydroxylation is 1. The van der Waals surface area contributed by atoms with Gasteiger partial charge in [0.1, 0.15) is 17.5 Å². The zero-order valence-corrected chi connectivity index (χ0v) is 15.5. The number of hydrogen-bond donors (Lipinski definition) is 1. The van der Waals surface area contributed by atoms with Crippen molar-refractivity contribution in [3.8, 4) is 0 Å². The minimum Gasteiger partial charge on any atom is -0.325 e. The van der Waals surface area contributed by atoms with E-state index in [1.165, 1.54) is 31.4 Å². The van der Waals surface area contributed by atoms with Crippen molar-refractivity contribution in [1.82, 2.24) is 19.7 Å². The van der Waals surface area contributed by atoms with Crippen LogP contribution in [0.25, 0.3) is 0 Å². The highest BCUT2D eigenvalue weighted by Crippen LogP contribution is 2.28. The van der Waals surface area contributed by atoms with Crippen molar-refractivity contribution in [3.05, 3.63) is 41.7 Å². The second-order valence-electron chi connectivity index (χ2n) is 7.57. The number of amides is 1. The summed E-state index contributed by atoms with van der Waals surface area (Å²) in [7, 11) is 0. The number of carbonyl (C=O) groups excluding carboxylic acids is 1. The van der Waals surface area contributed by atoms with E-state index in [9.17, 15) is 9.18 Å². The monoisotopic (exact) mass is 371 g/mol. The Hall–Kier alpha value is -2.28. The summed E-state index contributed by atoms with van der Waals surface area (Å²) in [6, 6.07) is 6.00. The van der Waals surface area contributed by atoms with Crippen molar-refractivity contribution in [2.24, 2.45) is 0 Å². The molecule has 0 radical (unpaired) electrons. The first-order valence-corrected chi connectivity index (χ1v) is 9.89. The molecule has 1 atom stereocenters. The van der Waals surface area contributed by atoms with Gasteiger partial charge in [-0.15, -0.1) is 10.2 Å². The topological polar surface area (TPSA) is 63.1 Å². The van der Waals surface area contributed by atoms with Crippen LogP contribution >= 0.6 is 0 Å². The van der Waals surface area contributed by atoms with Crippen molar-refractivity contribution in [1.29, 1.82) is 0 Å². The minimum atomic E-state index is -0.349. The molecule has 1 unspecified atom stereocenters. The number of rotatable bonds is 4. The second-order valence-corrected chi connectivity index (χ2v) is 7.57. The van der Waals surface area contributed by atoms with E-state index in [1.54, 1.807) is 12.1 Å². The summed E-state index contributed by atoms with van der Waals surface area (Å²) in [5, 5.41) is 11.7. The van der Waals surface area contributed by atoms with E-state index in [2.05, 4.69) is 25.0 Å². The largest absolute Gasteiger partial charge is 0.325 e. The fourth-order valence-corrected chi connectivity index (χ4v) is 4.19. The first-order valence-electron chi connectivity index (χ1n) is 9.89. The smallest absolute Gasteiger partial charge is 0.238 e. The van der Waals surface area contributed by atoms with Gasteiger partial charge in [0, 0.05) is 31.1 Å². The number of likely N-dealkylation sites (tertiary alicyclic amines) is 1. The van der Waals surface area contributed by atoms with Crippen molar-refractivity contribution < 1.29 is 9.18 Å². The van der Waals surface area contributed by atoms with Crippen LogP contribution in [0, 0.1) is 5.82 Å². The molecule has 0 spiro atoms. The van der Waals surface area contributed by atoms with Gasteiger partial charge in [0.05, 0.1) is 6.54 Å². The maximum atomic E-state index is 13.3. The number of hydrogen-bond acceptors (Lipinski definition) is 4. The highest BCUT2D eigenvalue weighted by atomic mass is 19.1. The first kappa shape index (κ1) is 18.1. The van der Waals surface area contributed by atoms with Crippen LogP contribution in [0.1, 0.15) is 49.7 Å². The third-order valence-electron chi connectivity index (χ3n) is 5.48. The van der Waals surface area contributed by atoms with Gasteiger partial charge in [-0.2, -0.15) is 0 Å². The molecule has 1 aromatic heterocycles. The molecular weight excluding hydrogens is 345 g/mol. The molecule has 2 aliphatic heterocycles. The van der Waals surface area contributed by atoms with Gasteiger partial charge in [-0.3, -0.25) is 9.69 Å². The van der Waals surface area contributed by atoms with E-state index in [4.69, 9.17) is 0 Å². The Labute approximate surface area is 158 Å². The number of piperidine rings is 1. The molecule has 0 aliphatic carbocycles. The summed E-state index contributed by atoms with van der Waals surface area (Å²) in [4.78, 5) is 14.5. The molecule has 1 N–H and O–H groups in total. The van der Waals surface area contributed by atoms with E-state index in [0.29, 0.717) is 18.2 Å². The highest BCUT2D eigenvalue weighted by Gasteiger charge is 2.28. The van der Waals surface area contributed by atoms with Gasteiger partial charge in [-0.1, -0.05) is 12.5 Å². The Bertz CT molecular complexity index is 805. The SMILES string of the molecule is O=C(CN1CCCC(c2nnc3n2CCCCC3)C1)Nc1cccc(F)c1. The van der Waals surface area contributed by atoms with Crippen molar-refractivity contribution in [3.63, 3.8) is 0 Å². The van der Waals surface area contributed by atoms with Crippen LogP contribution in [0.15, 0.2) is 24.3 Å². The van der Waals surface area contributed by atoms with Crippen LogP contribution < -0.4 is 5.32 Å². The van der Waals surface area contributed by atoms with Crippen LogP contribution in [-0.2, 0) is 17.8 Å². The standard InChI is InChI=1S/C20H26FN5O/c21-16-7-4-8-17(12-16)22-19(27)14-25-10-5-6-15(13-25)20-24-23-18-9-2-1-3-11-26(18)20/h4,7-8,12,15H,1-3,5-6,9-11,13-14H2,(H,22,27). The van der Waals surface area contributed by atoms with Gasteiger partial charge in [0.25, 0.3) is 0 Å². The van der Waals surface area contributed by atoms with Crippen LogP contribution in [-0.4, -0.2) is 45.2 Å². The van der Waals surface area contributed by atoms with Crippen molar-refractivity contribution in [2.45, 2.75) is 51.0 Å². The fourth-order valence-electron chi connectivity index (χ4n) is 4.19. The van der Waals surface area contributed by atoms with Crippen LogP contribution in [0.4, 0.5) is 10.1 Å². The van der Waals surface area contributed by atoms with E-state index in [1.807, 2.05) is 0 Å². The maximum absolute atomic E-state index is 13.3. The second kappa shape index (κ2) is 8.17. The molecule has 27 heavy (non-hydrogen) atoms. The minimum absolute atomic E-state index is 0.110. The first-order chi connectivity index (χ1) is 13.2. The molecule has 6 nitrogen and oxygen atoms in total. The Kier molecular flexibility index (Phi) is 5.48. The lowest BCUT2D eigenvalue weighted by Gasteiger charge is -2.31. The van der Waals surface area contributed by atoms with Crippen LogP contribution in [0.5, 0.6) is 0 Å². The lowest BCUT2D eigenvalue weighted by Crippen LogP contribution is -2.40. The van der Waals surface area contributed by atoms with E-state index in [0.717, 1.165) is 50.5 Å². The number of carbonyl (C=O) groups is 1. The van der Waals surface area contributed by atoms with Crippen molar-refractivity contribution >= 4 is 11.6 Å². The Balaban J connectivity index is 1.38. The third-order valence-corrected chi connectivity index (χ3v) is 5.48. The molecule has 144 valence electrons. The Morgan fingerprint density at radius 1 is 1.19 bits per heavy atom. The molecule has 7 heteroatoms. The summed E-state index contributed by atoms with van der Waals surface area (Å²) in [5.41, 5.74) is 0.497. The lowest BCUT2D eigenvalue weighted by atomic mass is 9.97. The molecule has 1 fully saturated rings. The summed E-state index contributed by atoms with van der Waals surface area (Å²) in [6.07, 6.45) is 6.76. The van der Waals surface area contributed by atoms with E-state index < -0.39 is 0 Å². The highest BCUT2D eigenvalue weighted by molar-refractivity contribution is 5.92. The number of nitrogens with one attached hydrogen (secondary N) is 1. The van der Waals surface area contributed by atoms with Crippen molar-refractivity contribution in [2.75, 3.05) is 25.0 Å². The predicted molar refractivity (Wildman–Crippen MR) is 101 cm³/mol. The number of fused-ring (bicyclic) bond motifs is 1. The maximum Gasteiger partial charge on any atom is 0.238 e. The average molecular weight is 371 g/mol.